The molecular formula is C19H11O3+. The molecule has 0 fully saturated rings. The van der Waals surface area contributed by atoms with Gasteiger partial charge >= 0.3 is 11.2 Å². The van der Waals surface area contributed by atoms with E-state index in [0.29, 0.717) is 0 Å². The molecule has 5 aromatic rings. The minimum absolute atomic E-state index is 0.236. The highest BCUT2D eigenvalue weighted by Gasteiger charge is 2.23. The van der Waals surface area contributed by atoms with Gasteiger partial charge in [0.1, 0.15) is 17.4 Å². The van der Waals surface area contributed by atoms with Crippen molar-refractivity contribution in [3.8, 4) is 5.75 Å². The molecule has 0 saturated carbocycles. The lowest BCUT2D eigenvalue weighted by Gasteiger charge is -1.95. The lowest BCUT2D eigenvalue weighted by molar-refractivity contribution is 0.476. The van der Waals surface area contributed by atoms with Crippen LogP contribution in [0, 0.1) is 0 Å². The summed E-state index contributed by atoms with van der Waals surface area (Å²) in [5.41, 5.74) is 1.60. The van der Waals surface area contributed by atoms with Crippen molar-refractivity contribution in [2.75, 3.05) is 0 Å². The molecule has 0 bridgehead atoms. The van der Waals surface area contributed by atoms with Gasteiger partial charge in [-0.2, -0.15) is 0 Å². The summed E-state index contributed by atoms with van der Waals surface area (Å²) in [6.07, 6.45) is 3.37. The molecule has 0 aliphatic rings. The maximum atomic E-state index is 9.78. The maximum absolute atomic E-state index is 9.78. The zero-order chi connectivity index (χ0) is 14.7. The van der Waals surface area contributed by atoms with Gasteiger partial charge in [0, 0.05) is 0 Å². The van der Waals surface area contributed by atoms with Crippen LogP contribution in [0.15, 0.2) is 69.9 Å². The van der Waals surface area contributed by atoms with Crippen LogP contribution >= 0.6 is 0 Å². The molecule has 0 unspecified atom stereocenters. The Kier molecular flexibility index (Phi) is 2.09. The highest BCUT2D eigenvalue weighted by atomic mass is 16.3. The number of fused-ring (bicyclic) bond motifs is 7. The van der Waals surface area contributed by atoms with E-state index in [1.54, 1.807) is 24.7 Å². The monoisotopic (exact) mass is 287 g/mol. The predicted octanol–water partition coefficient (Wildman–Crippen LogP) is 5.47. The third-order valence-corrected chi connectivity index (χ3v) is 4.19. The van der Waals surface area contributed by atoms with Crippen LogP contribution in [0.5, 0.6) is 5.75 Å². The molecule has 3 heteroatoms. The Morgan fingerprint density at radius 3 is 2.23 bits per heavy atom. The largest absolute Gasteiger partial charge is 0.508 e. The molecule has 0 saturated heterocycles. The fraction of sp³-hybridized carbons (Fsp3) is 0. The Morgan fingerprint density at radius 1 is 0.727 bits per heavy atom. The first-order valence-electron chi connectivity index (χ1n) is 7.07. The Balaban J connectivity index is 2.07. The van der Waals surface area contributed by atoms with Gasteiger partial charge in [0.05, 0.1) is 22.4 Å². The molecule has 0 radical (unpaired) electrons. The molecule has 1 N–H and O–H groups in total. The third-order valence-electron chi connectivity index (χ3n) is 4.19. The van der Waals surface area contributed by atoms with Gasteiger partial charge in [0.2, 0.25) is 0 Å². The van der Waals surface area contributed by atoms with E-state index < -0.39 is 0 Å². The van der Waals surface area contributed by atoms with Crippen LogP contribution in [0.3, 0.4) is 0 Å². The number of hydrogen-bond donors (Lipinski definition) is 1. The van der Waals surface area contributed by atoms with Gasteiger partial charge in [-0.25, -0.2) is 4.42 Å². The minimum Gasteiger partial charge on any atom is -0.508 e. The normalized spacial score (nSPS) is 11.8. The van der Waals surface area contributed by atoms with E-state index in [0.717, 1.165) is 43.5 Å². The van der Waals surface area contributed by atoms with Gasteiger partial charge in [-0.05, 0) is 41.1 Å². The lowest BCUT2D eigenvalue weighted by atomic mass is 10.0. The molecule has 5 rings (SSSR count). The number of phenolic OH excluding ortho intramolecular Hbond substituents is 1. The topological polar surface area (TPSA) is 44.7 Å². The van der Waals surface area contributed by atoms with Crippen molar-refractivity contribution < 1.29 is 13.9 Å². The standard InChI is InChI=1S/C19H10O3/c20-13-4-1-11-2-5-14-15-6-3-12-7-8-21-10-17(12)19(15)22-18(14)16(11)9-13/h1-10H/p+1. The molecule has 104 valence electrons. The SMILES string of the molecule is Oc1ccc2ccc3c4ccc5ccocc5c4[o+]c3c2c1. The van der Waals surface area contributed by atoms with Gasteiger partial charge in [-0.1, -0.05) is 18.2 Å². The summed E-state index contributed by atoms with van der Waals surface area (Å²) in [5.74, 6) is 0.236. The first-order valence-corrected chi connectivity index (χ1v) is 7.07. The van der Waals surface area contributed by atoms with Crippen molar-refractivity contribution in [3.05, 3.63) is 61.1 Å². The van der Waals surface area contributed by atoms with Crippen LogP contribution in [0.4, 0.5) is 0 Å². The van der Waals surface area contributed by atoms with Crippen molar-refractivity contribution in [1.29, 1.82) is 0 Å². The Hall–Kier alpha value is -3.07. The summed E-state index contributed by atoms with van der Waals surface area (Å²) in [6.45, 7) is 0. The van der Waals surface area contributed by atoms with E-state index in [9.17, 15) is 5.11 Å². The minimum atomic E-state index is 0.236. The summed E-state index contributed by atoms with van der Waals surface area (Å²) in [7, 11) is 0. The molecule has 2 heterocycles. The molecule has 0 aliphatic carbocycles. The van der Waals surface area contributed by atoms with Gasteiger partial charge in [-0.15, -0.1) is 0 Å². The predicted molar refractivity (Wildman–Crippen MR) is 87.1 cm³/mol. The van der Waals surface area contributed by atoms with E-state index in [1.165, 1.54) is 0 Å². The first-order chi connectivity index (χ1) is 10.8. The van der Waals surface area contributed by atoms with Crippen molar-refractivity contribution in [2.24, 2.45) is 0 Å². The van der Waals surface area contributed by atoms with Gasteiger partial charge in [-0.3, -0.25) is 0 Å². The molecule has 3 nitrogen and oxygen atoms in total. The van der Waals surface area contributed by atoms with Crippen LogP contribution in [-0.4, -0.2) is 5.11 Å². The number of furan rings is 1. The molecule has 0 atom stereocenters. The van der Waals surface area contributed by atoms with Gasteiger partial charge in [0.25, 0.3) is 0 Å². The van der Waals surface area contributed by atoms with Crippen molar-refractivity contribution >= 4 is 43.5 Å². The number of rotatable bonds is 0. The summed E-state index contributed by atoms with van der Waals surface area (Å²) < 4.78 is 11.5. The van der Waals surface area contributed by atoms with E-state index in [2.05, 4.69) is 18.2 Å². The van der Waals surface area contributed by atoms with Crippen LogP contribution in [-0.2, 0) is 0 Å². The van der Waals surface area contributed by atoms with E-state index in [1.807, 2.05) is 18.2 Å². The van der Waals surface area contributed by atoms with Crippen molar-refractivity contribution in [1.82, 2.24) is 0 Å². The van der Waals surface area contributed by atoms with Gasteiger partial charge < -0.3 is 9.52 Å². The second-order valence-electron chi connectivity index (χ2n) is 5.45. The quantitative estimate of drug-likeness (QED) is 0.384. The summed E-state index contributed by atoms with van der Waals surface area (Å²) in [4.78, 5) is 0. The molecule has 0 aliphatic heterocycles. The van der Waals surface area contributed by atoms with Crippen LogP contribution in [0.1, 0.15) is 0 Å². The first kappa shape index (κ1) is 11.6. The fourth-order valence-electron chi connectivity index (χ4n) is 3.13. The number of phenols is 1. The second-order valence-corrected chi connectivity index (χ2v) is 5.45. The lowest BCUT2D eigenvalue weighted by Crippen LogP contribution is -1.74. The smallest absolute Gasteiger partial charge is 0.372 e. The Morgan fingerprint density at radius 2 is 1.41 bits per heavy atom. The molecule has 0 amide bonds. The Labute approximate surface area is 125 Å². The zero-order valence-corrected chi connectivity index (χ0v) is 11.5. The second kappa shape index (κ2) is 3.98. The van der Waals surface area contributed by atoms with Gasteiger partial charge in [0.15, 0.2) is 0 Å². The molecule has 22 heavy (non-hydrogen) atoms. The molecule has 0 spiro atoms. The highest BCUT2D eigenvalue weighted by molar-refractivity contribution is 6.20. The number of aromatic hydroxyl groups is 1. The average molecular weight is 287 g/mol. The van der Waals surface area contributed by atoms with Crippen LogP contribution in [0.25, 0.3) is 43.5 Å². The molecular weight excluding hydrogens is 276 g/mol. The number of benzene rings is 3. The summed E-state index contributed by atoms with van der Waals surface area (Å²) >= 11 is 0. The molecule has 3 aromatic carbocycles. The molecule has 2 aromatic heterocycles. The number of hydrogen-bond acceptors (Lipinski definition) is 2. The van der Waals surface area contributed by atoms with E-state index >= 15 is 0 Å². The summed E-state index contributed by atoms with van der Waals surface area (Å²) in [5, 5.41) is 15.8. The zero-order valence-electron chi connectivity index (χ0n) is 11.5. The average Bonchev–Trinajstić information content (AvgIpc) is 2.94. The maximum Gasteiger partial charge on any atom is 0.372 e. The fourth-order valence-corrected chi connectivity index (χ4v) is 3.13. The van der Waals surface area contributed by atoms with E-state index in [-0.39, 0.29) is 5.75 Å². The Bertz CT molecular complexity index is 1190. The van der Waals surface area contributed by atoms with Crippen LogP contribution < -0.4 is 0 Å². The van der Waals surface area contributed by atoms with Crippen molar-refractivity contribution in [2.45, 2.75) is 0 Å². The van der Waals surface area contributed by atoms with E-state index in [4.69, 9.17) is 8.83 Å². The van der Waals surface area contributed by atoms with Crippen molar-refractivity contribution in [3.63, 3.8) is 0 Å². The summed E-state index contributed by atoms with van der Waals surface area (Å²) in [6, 6.07) is 15.5. The highest BCUT2D eigenvalue weighted by Crippen LogP contribution is 2.38. The third kappa shape index (κ3) is 1.42. The van der Waals surface area contributed by atoms with Crippen LogP contribution in [0.2, 0.25) is 0 Å².